The maximum atomic E-state index is 8.74. The zero-order chi connectivity index (χ0) is 11.9. The summed E-state index contributed by atoms with van der Waals surface area (Å²) in [5, 5.41) is 3.40. The predicted octanol–water partition coefficient (Wildman–Crippen LogP) is -0.245. The molecule has 1 heterocycles. The fourth-order valence-corrected chi connectivity index (χ4v) is 1.40. The van der Waals surface area contributed by atoms with Crippen molar-refractivity contribution in [1.82, 2.24) is 5.32 Å². The van der Waals surface area contributed by atoms with E-state index in [-0.39, 0.29) is 6.10 Å². The highest BCUT2D eigenvalue weighted by Gasteiger charge is 2.19. The van der Waals surface area contributed by atoms with Crippen LogP contribution in [-0.2, 0) is 15.2 Å². The Balaban J connectivity index is 0.000000336. The summed E-state index contributed by atoms with van der Waals surface area (Å²) in [6.45, 7) is 3.22. The van der Waals surface area contributed by atoms with Crippen LogP contribution in [0.3, 0.4) is 0 Å². The molecule has 0 aromatic heterocycles. The first kappa shape index (κ1) is 14.8. The van der Waals surface area contributed by atoms with Gasteiger partial charge in [0, 0.05) is 6.04 Å². The molecule has 92 valence electrons. The van der Waals surface area contributed by atoms with E-state index in [1.165, 1.54) is 6.42 Å². The largest absolute Gasteiger partial charge is 0.394 e. The monoisotopic (exact) mass is 242 g/mol. The van der Waals surface area contributed by atoms with E-state index in [9.17, 15) is 0 Å². The van der Waals surface area contributed by atoms with Gasteiger partial charge in [-0.3, -0.25) is 9.11 Å². The first-order valence-corrected chi connectivity index (χ1v) is 6.05. The SMILES string of the molecule is CC[C@@H]1C[C@H](ON)CCN1.O=S(=O)(O)O. The van der Waals surface area contributed by atoms with Gasteiger partial charge in [-0.25, -0.2) is 5.90 Å². The summed E-state index contributed by atoms with van der Waals surface area (Å²) < 4.78 is 31.6. The quantitative estimate of drug-likeness (QED) is 0.389. The van der Waals surface area contributed by atoms with Crippen LogP contribution in [0.15, 0.2) is 0 Å². The van der Waals surface area contributed by atoms with Crippen LogP contribution < -0.4 is 11.2 Å². The molecule has 1 rings (SSSR count). The van der Waals surface area contributed by atoms with Crippen molar-refractivity contribution >= 4 is 10.4 Å². The molecule has 0 radical (unpaired) electrons. The Labute approximate surface area is 89.5 Å². The number of nitrogens with two attached hydrogens (primary N) is 1. The van der Waals surface area contributed by atoms with Crippen molar-refractivity contribution in [3.8, 4) is 0 Å². The molecular weight excluding hydrogens is 224 g/mol. The van der Waals surface area contributed by atoms with Crippen LogP contribution >= 0.6 is 0 Å². The third-order valence-corrected chi connectivity index (χ3v) is 2.13. The lowest BCUT2D eigenvalue weighted by atomic mass is 10.0. The summed E-state index contributed by atoms with van der Waals surface area (Å²) in [5.41, 5.74) is 0. The standard InChI is InChI=1S/C7H16N2O.H2O4S/c1-2-6-5-7(10-8)3-4-9-6;1-5(2,3)4/h6-7,9H,2-5,8H2,1H3;(H2,1,2,3,4)/t6-,7-;/m1./s1. The maximum absolute atomic E-state index is 8.74. The van der Waals surface area contributed by atoms with Gasteiger partial charge in [0.15, 0.2) is 0 Å². The Morgan fingerprint density at radius 3 is 2.47 bits per heavy atom. The smallest absolute Gasteiger partial charge is 0.314 e. The van der Waals surface area contributed by atoms with Crippen LogP contribution in [-0.4, -0.2) is 36.2 Å². The van der Waals surface area contributed by atoms with Crippen molar-refractivity contribution in [3.05, 3.63) is 0 Å². The van der Waals surface area contributed by atoms with Gasteiger partial charge in [0.25, 0.3) is 0 Å². The molecule has 8 heteroatoms. The molecule has 1 aliphatic heterocycles. The topological polar surface area (TPSA) is 122 Å². The lowest BCUT2D eigenvalue weighted by Crippen LogP contribution is -2.41. The van der Waals surface area contributed by atoms with Crippen LogP contribution in [0, 0.1) is 0 Å². The van der Waals surface area contributed by atoms with Crippen molar-refractivity contribution in [2.45, 2.75) is 38.3 Å². The van der Waals surface area contributed by atoms with E-state index in [0.717, 1.165) is 19.4 Å². The van der Waals surface area contributed by atoms with E-state index < -0.39 is 10.4 Å². The van der Waals surface area contributed by atoms with Crippen LogP contribution in [0.25, 0.3) is 0 Å². The summed E-state index contributed by atoms with van der Waals surface area (Å²) in [7, 11) is -4.67. The van der Waals surface area contributed by atoms with E-state index >= 15 is 0 Å². The maximum Gasteiger partial charge on any atom is 0.394 e. The molecule has 0 aromatic rings. The van der Waals surface area contributed by atoms with E-state index in [1.54, 1.807) is 0 Å². The molecule has 15 heavy (non-hydrogen) atoms. The van der Waals surface area contributed by atoms with E-state index in [1.807, 2.05) is 0 Å². The summed E-state index contributed by atoms with van der Waals surface area (Å²) in [6.07, 6.45) is 3.56. The summed E-state index contributed by atoms with van der Waals surface area (Å²) in [6, 6.07) is 0.613. The number of rotatable bonds is 2. The molecule has 1 saturated heterocycles. The van der Waals surface area contributed by atoms with Gasteiger partial charge < -0.3 is 10.2 Å². The number of nitrogens with one attached hydrogen (secondary N) is 1. The van der Waals surface area contributed by atoms with Gasteiger partial charge in [0.1, 0.15) is 0 Å². The highest BCUT2D eigenvalue weighted by molar-refractivity contribution is 7.79. The average molecular weight is 242 g/mol. The third kappa shape index (κ3) is 10.0. The van der Waals surface area contributed by atoms with Crippen LogP contribution in [0.4, 0.5) is 0 Å². The Hall–Kier alpha value is -0.250. The van der Waals surface area contributed by atoms with Crippen molar-refractivity contribution in [1.29, 1.82) is 0 Å². The molecule has 0 spiro atoms. The molecule has 0 amide bonds. The summed E-state index contributed by atoms with van der Waals surface area (Å²) >= 11 is 0. The Kier molecular flexibility index (Phi) is 6.98. The molecule has 0 aromatic carbocycles. The Morgan fingerprint density at radius 1 is 1.53 bits per heavy atom. The Bertz CT molecular complexity index is 238. The second-order valence-corrected chi connectivity index (χ2v) is 4.19. The average Bonchev–Trinajstić information content (AvgIpc) is 2.15. The van der Waals surface area contributed by atoms with Gasteiger partial charge in [-0.15, -0.1) is 0 Å². The molecule has 0 unspecified atom stereocenters. The fraction of sp³-hybridized carbons (Fsp3) is 1.00. The minimum Gasteiger partial charge on any atom is -0.314 e. The number of piperidine rings is 1. The van der Waals surface area contributed by atoms with Crippen molar-refractivity contribution in [2.75, 3.05) is 6.54 Å². The van der Waals surface area contributed by atoms with E-state index in [4.69, 9.17) is 28.3 Å². The zero-order valence-electron chi connectivity index (χ0n) is 8.59. The molecule has 2 atom stereocenters. The first-order valence-electron chi connectivity index (χ1n) is 4.65. The normalized spacial score (nSPS) is 26.7. The second-order valence-electron chi connectivity index (χ2n) is 3.29. The third-order valence-electron chi connectivity index (χ3n) is 2.13. The van der Waals surface area contributed by atoms with E-state index in [2.05, 4.69) is 12.2 Å². The van der Waals surface area contributed by atoms with Crippen molar-refractivity contribution in [3.63, 3.8) is 0 Å². The van der Waals surface area contributed by atoms with Gasteiger partial charge in [-0.05, 0) is 25.8 Å². The van der Waals surface area contributed by atoms with Crippen molar-refractivity contribution in [2.24, 2.45) is 5.90 Å². The highest BCUT2D eigenvalue weighted by Crippen LogP contribution is 2.12. The molecule has 0 aliphatic carbocycles. The Morgan fingerprint density at radius 2 is 2.07 bits per heavy atom. The fourth-order valence-electron chi connectivity index (χ4n) is 1.40. The number of hydrogen-bond acceptors (Lipinski definition) is 5. The van der Waals surface area contributed by atoms with Crippen LogP contribution in [0.2, 0.25) is 0 Å². The minimum atomic E-state index is -4.67. The van der Waals surface area contributed by atoms with Crippen molar-refractivity contribution < 1.29 is 22.4 Å². The molecule has 5 N–H and O–H groups in total. The molecule has 0 bridgehead atoms. The molecule has 1 fully saturated rings. The van der Waals surface area contributed by atoms with Crippen LogP contribution in [0.1, 0.15) is 26.2 Å². The van der Waals surface area contributed by atoms with Gasteiger partial charge in [0.05, 0.1) is 6.10 Å². The summed E-state index contributed by atoms with van der Waals surface area (Å²) in [5.74, 6) is 5.09. The zero-order valence-corrected chi connectivity index (χ0v) is 9.40. The van der Waals surface area contributed by atoms with Gasteiger partial charge >= 0.3 is 10.4 Å². The molecular formula is C7H18N2O5S. The van der Waals surface area contributed by atoms with E-state index in [0.29, 0.717) is 6.04 Å². The van der Waals surface area contributed by atoms with Crippen LogP contribution in [0.5, 0.6) is 0 Å². The highest BCUT2D eigenvalue weighted by atomic mass is 32.3. The first-order chi connectivity index (χ1) is 6.86. The molecule has 7 nitrogen and oxygen atoms in total. The molecule has 1 aliphatic rings. The lowest BCUT2D eigenvalue weighted by molar-refractivity contribution is 0.0209. The molecule has 0 saturated carbocycles. The van der Waals surface area contributed by atoms with Gasteiger partial charge in [-0.1, -0.05) is 6.92 Å². The lowest BCUT2D eigenvalue weighted by Gasteiger charge is -2.27. The van der Waals surface area contributed by atoms with Gasteiger partial charge in [-0.2, -0.15) is 8.42 Å². The van der Waals surface area contributed by atoms with Gasteiger partial charge in [0.2, 0.25) is 0 Å². The second kappa shape index (κ2) is 7.09. The number of hydrogen-bond donors (Lipinski definition) is 4. The minimum absolute atomic E-state index is 0.284. The summed E-state index contributed by atoms with van der Waals surface area (Å²) in [4.78, 5) is 4.78. The predicted molar refractivity (Wildman–Crippen MR) is 54.6 cm³/mol.